The van der Waals surface area contributed by atoms with Gasteiger partial charge in [0, 0.05) is 17.5 Å². The first kappa shape index (κ1) is 9.93. The number of hydrogen-bond acceptors (Lipinski definition) is 2. The quantitative estimate of drug-likeness (QED) is 0.717. The van der Waals surface area contributed by atoms with Crippen LogP contribution in [0.2, 0.25) is 0 Å². The average Bonchev–Trinajstić information content (AvgIpc) is 2.03. The minimum absolute atomic E-state index is 0.105. The molecule has 0 aliphatic heterocycles. The molecule has 1 rings (SSSR count). The van der Waals surface area contributed by atoms with Gasteiger partial charge in [0.2, 0.25) is 0 Å². The highest BCUT2D eigenvalue weighted by Gasteiger charge is 2.16. The maximum Gasteiger partial charge on any atom is 0.164 e. The van der Waals surface area contributed by atoms with Gasteiger partial charge in [-0.15, -0.1) is 0 Å². The Morgan fingerprint density at radius 2 is 1.85 bits per heavy atom. The van der Waals surface area contributed by atoms with Gasteiger partial charge in [0.1, 0.15) is 0 Å². The molecule has 0 heterocycles. The summed E-state index contributed by atoms with van der Waals surface area (Å²) in [4.78, 5) is 11.6. The first-order valence-corrected chi connectivity index (χ1v) is 4.36. The normalized spacial score (nSPS) is 11.3. The first-order valence-electron chi connectivity index (χ1n) is 4.36. The molecule has 70 valence electrons. The number of carbonyl (C=O) groups is 1. The lowest BCUT2D eigenvalue weighted by molar-refractivity contribution is 0.0960. The molecule has 0 unspecified atom stereocenters. The van der Waals surface area contributed by atoms with Crippen LogP contribution in [-0.4, -0.2) is 11.3 Å². The van der Waals surface area contributed by atoms with Crippen molar-refractivity contribution in [2.75, 3.05) is 0 Å². The van der Waals surface area contributed by atoms with Gasteiger partial charge in [-0.25, -0.2) is 0 Å². The fourth-order valence-corrected chi connectivity index (χ4v) is 1.14. The molecular formula is C11H15NO. The Labute approximate surface area is 78.8 Å². The Kier molecular flexibility index (Phi) is 2.83. The standard InChI is InChI=1S/C11H15NO/c1-11(2,12)8-10(13)9-6-4-3-5-7-9/h3-7H,8,12H2,1-2H3. The van der Waals surface area contributed by atoms with Gasteiger partial charge in [-0.05, 0) is 13.8 Å². The first-order chi connectivity index (χ1) is 5.99. The molecule has 2 N–H and O–H groups in total. The largest absolute Gasteiger partial charge is 0.325 e. The van der Waals surface area contributed by atoms with E-state index >= 15 is 0 Å². The number of ketones is 1. The maximum absolute atomic E-state index is 11.6. The highest BCUT2D eigenvalue weighted by atomic mass is 16.1. The van der Waals surface area contributed by atoms with Gasteiger partial charge in [-0.1, -0.05) is 30.3 Å². The minimum atomic E-state index is -0.424. The van der Waals surface area contributed by atoms with Crippen LogP contribution in [0.25, 0.3) is 0 Å². The van der Waals surface area contributed by atoms with Crippen LogP contribution in [0.4, 0.5) is 0 Å². The molecule has 0 amide bonds. The zero-order valence-corrected chi connectivity index (χ0v) is 8.08. The number of carbonyl (C=O) groups excluding carboxylic acids is 1. The lowest BCUT2D eigenvalue weighted by atomic mass is 9.95. The van der Waals surface area contributed by atoms with E-state index in [1.807, 2.05) is 44.2 Å². The van der Waals surface area contributed by atoms with E-state index in [1.165, 1.54) is 0 Å². The molecule has 0 fully saturated rings. The summed E-state index contributed by atoms with van der Waals surface area (Å²) < 4.78 is 0. The number of hydrogen-bond donors (Lipinski definition) is 1. The molecule has 0 atom stereocenters. The predicted molar refractivity (Wildman–Crippen MR) is 53.7 cm³/mol. The predicted octanol–water partition coefficient (Wildman–Crippen LogP) is 2.00. The van der Waals surface area contributed by atoms with Crippen LogP contribution in [0.1, 0.15) is 30.6 Å². The fraction of sp³-hybridized carbons (Fsp3) is 0.364. The molecule has 0 saturated heterocycles. The van der Waals surface area contributed by atoms with Crippen molar-refractivity contribution in [2.45, 2.75) is 25.8 Å². The van der Waals surface area contributed by atoms with Gasteiger partial charge in [0.25, 0.3) is 0 Å². The van der Waals surface area contributed by atoms with Gasteiger partial charge in [-0.2, -0.15) is 0 Å². The molecule has 0 radical (unpaired) electrons. The van der Waals surface area contributed by atoms with Crippen LogP contribution >= 0.6 is 0 Å². The van der Waals surface area contributed by atoms with E-state index in [2.05, 4.69) is 0 Å². The molecule has 1 aromatic rings. The van der Waals surface area contributed by atoms with E-state index in [-0.39, 0.29) is 5.78 Å². The second-order valence-corrected chi connectivity index (χ2v) is 3.95. The number of Topliss-reactive ketones (excluding diaryl/α,β-unsaturated/α-hetero) is 1. The van der Waals surface area contributed by atoms with E-state index in [4.69, 9.17) is 5.73 Å². The molecule has 13 heavy (non-hydrogen) atoms. The SMILES string of the molecule is CC(C)(N)CC(=O)c1ccccc1. The van der Waals surface area contributed by atoms with E-state index in [0.717, 1.165) is 5.56 Å². The second kappa shape index (κ2) is 3.71. The molecule has 1 aromatic carbocycles. The molecule has 0 spiro atoms. The number of nitrogens with two attached hydrogens (primary N) is 1. The molecular weight excluding hydrogens is 162 g/mol. The van der Waals surface area contributed by atoms with Crippen molar-refractivity contribution in [1.29, 1.82) is 0 Å². The van der Waals surface area contributed by atoms with Crippen molar-refractivity contribution >= 4 is 5.78 Å². The Hall–Kier alpha value is -1.15. The summed E-state index contributed by atoms with van der Waals surface area (Å²) in [5.41, 5.74) is 6.07. The molecule has 0 aromatic heterocycles. The molecule has 2 heteroatoms. The third-order valence-corrected chi connectivity index (χ3v) is 1.71. The number of benzene rings is 1. The Morgan fingerprint density at radius 3 is 2.31 bits per heavy atom. The maximum atomic E-state index is 11.6. The van der Waals surface area contributed by atoms with E-state index in [0.29, 0.717) is 6.42 Å². The third-order valence-electron chi connectivity index (χ3n) is 1.71. The highest BCUT2D eigenvalue weighted by molar-refractivity contribution is 5.96. The topological polar surface area (TPSA) is 43.1 Å². The van der Waals surface area contributed by atoms with Crippen LogP contribution < -0.4 is 5.73 Å². The van der Waals surface area contributed by atoms with Crippen molar-refractivity contribution in [2.24, 2.45) is 5.73 Å². The second-order valence-electron chi connectivity index (χ2n) is 3.95. The van der Waals surface area contributed by atoms with Crippen molar-refractivity contribution in [1.82, 2.24) is 0 Å². The van der Waals surface area contributed by atoms with E-state index < -0.39 is 5.54 Å². The monoisotopic (exact) mass is 177 g/mol. The zero-order valence-electron chi connectivity index (χ0n) is 8.08. The van der Waals surface area contributed by atoms with Crippen molar-refractivity contribution in [3.63, 3.8) is 0 Å². The Morgan fingerprint density at radius 1 is 1.31 bits per heavy atom. The summed E-state index contributed by atoms with van der Waals surface area (Å²) in [5.74, 6) is 0.105. The fourth-order valence-electron chi connectivity index (χ4n) is 1.14. The molecule has 2 nitrogen and oxygen atoms in total. The van der Waals surface area contributed by atoms with Crippen LogP contribution in [0.3, 0.4) is 0 Å². The highest BCUT2D eigenvalue weighted by Crippen LogP contribution is 2.10. The Bertz CT molecular complexity index is 285. The van der Waals surface area contributed by atoms with Crippen LogP contribution in [0, 0.1) is 0 Å². The summed E-state index contributed by atoms with van der Waals surface area (Å²) in [5, 5.41) is 0. The molecule has 0 aliphatic rings. The van der Waals surface area contributed by atoms with Gasteiger partial charge in [0.15, 0.2) is 5.78 Å². The smallest absolute Gasteiger partial charge is 0.164 e. The zero-order chi connectivity index (χ0) is 9.90. The van der Waals surface area contributed by atoms with E-state index in [1.54, 1.807) is 0 Å². The lowest BCUT2D eigenvalue weighted by Gasteiger charge is -2.16. The van der Waals surface area contributed by atoms with Crippen molar-refractivity contribution < 1.29 is 4.79 Å². The molecule has 0 saturated carbocycles. The van der Waals surface area contributed by atoms with Gasteiger partial charge < -0.3 is 5.73 Å². The van der Waals surface area contributed by atoms with Gasteiger partial charge in [-0.3, -0.25) is 4.79 Å². The third kappa shape index (κ3) is 3.38. The summed E-state index contributed by atoms with van der Waals surface area (Å²) in [6, 6.07) is 9.24. The summed E-state index contributed by atoms with van der Waals surface area (Å²) >= 11 is 0. The number of rotatable bonds is 3. The van der Waals surface area contributed by atoms with Gasteiger partial charge >= 0.3 is 0 Å². The summed E-state index contributed by atoms with van der Waals surface area (Å²) in [6.45, 7) is 3.71. The summed E-state index contributed by atoms with van der Waals surface area (Å²) in [6.07, 6.45) is 0.386. The van der Waals surface area contributed by atoms with Crippen molar-refractivity contribution in [3.05, 3.63) is 35.9 Å². The molecule has 0 bridgehead atoms. The van der Waals surface area contributed by atoms with Crippen LogP contribution in [0.5, 0.6) is 0 Å². The Balaban J connectivity index is 2.71. The minimum Gasteiger partial charge on any atom is -0.325 e. The van der Waals surface area contributed by atoms with Crippen molar-refractivity contribution in [3.8, 4) is 0 Å². The van der Waals surface area contributed by atoms with Gasteiger partial charge in [0.05, 0.1) is 0 Å². The summed E-state index contributed by atoms with van der Waals surface area (Å²) in [7, 11) is 0. The van der Waals surface area contributed by atoms with Crippen LogP contribution in [0.15, 0.2) is 30.3 Å². The average molecular weight is 177 g/mol. The van der Waals surface area contributed by atoms with E-state index in [9.17, 15) is 4.79 Å². The molecule has 0 aliphatic carbocycles. The lowest BCUT2D eigenvalue weighted by Crippen LogP contribution is -2.34. The van der Waals surface area contributed by atoms with Crippen LogP contribution in [-0.2, 0) is 0 Å².